The third-order valence-electron chi connectivity index (χ3n) is 4.04. The summed E-state index contributed by atoms with van der Waals surface area (Å²) in [6.45, 7) is 2.47. The molecule has 2 aromatic rings. The number of rotatable bonds is 5. The first-order valence-corrected chi connectivity index (χ1v) is 7.97. The van der Waals surface area contributed by atoms with Gasteiger partial charge in [-0.25, -0.2) is 9.97 Å². The number of ether oxygens (including phenoxy) is 1. The van der Waals surface area contributed by atoms with Crippen molar-refractivity contribution < 1.29 is 4.74 Å². The maximum absolute atomic E-state index is 5.91. The molecule has 2 aromatic heterocycles. The van der Waals surface area contributed by atoms with E-state index in [4.69, 9.17) is 4.74 Å². The lowest BCUT2D eigenvalue weighted by Crippen LogP contribution is -2.43. The van der Waals surface area contributed by atoms with Gasteiger partial charge < -0.3 is 14.5 Å². The SMILES string of the molecule is CN(C)c1cc(CCC2CN(c3cnccn3)CCO2)ccn1. The Morgan fingerprint density at radius 3 is 2.96 bits per heavy atom. The topological polar surface area (TPSA) is 54.4 Å². The fraction of sp³-hybridized carbons (Fsp3) is 0.471. The van der Waals surface area contributed by atoms with E-state index >= 15 is 0 Å². The molecular weight excluding hydrogens is 290 g/mol. The lowest BCUT2D eigenvalue weighted by Gasteiger charge is -2.33. The molecule has 6 heteroatoms. The molecule has 1 atom stereocenters. The van der Waals surface area contributed by atoms with Gasteiger partial charge in [0, 0.05) is 45.8 Å². The minimum Gasteiger partial charge on any atom is -0.375 e. The average Bonchev–Trinajstić information content (AvgIpc) is 2.61. The highest BCUT2D eigenvalue weighted by Crippen LogP contribution is 2.18. The van der Waals surface area contributed by atoms with Crippen LogP contribution >= 0.6 is 0 Å². The van der Waals surface area contributed by atoms with Gasteiger partial charge in [-0.3, -0.25) is 4.98 Å². The fourth-order valence-corrected chi connectivity index (χ4v) is 2.74. The van der Waals surface area contributed by atoms with Gasteiger partial charge in [0.15, 0.2) is 0 Å². The molecule has 0 bridgehead atoms. The predicted octanol–water partition coefficient (Wildman–Crippen LogP) is 1.78. The van der Waals surface area contributed by atoms with Crippen LogP contribution in [0.15, 0.2) is 36.9 Å². The minimum atomic E-state index is 0.224. The van der Waals surface area contributed by atoms with Crippen LogP contribution < -0.4 is 9.80 Å². The first-order chi connectivity index (χ1) is 11.2. The number of anilines is 2. The molecule has 122 valence electrons. The number of aryl methyl sites for hydroxylation is 1. The summed E-state index contributed by atoms with van der Waals surface area (Å²) in [7, 11) is 4.02. The van der Waals surface area contributed by atoms with Crippen molar-refractivity contribution >= 4 is 11.6 Å². The highest BCUT2D eigenvalue weighted by molar-refractivity contribution is 5.39. The van der Waals surface area contributed by atoms with Gasteiger partial charge in [-0.1, -0.05) is 0 Å². The van der Waals surface area contributed by atoms with Crippen LogP contribution in [0.3, 0.4) is 0 Å². The van der Waals surface area contributed by atoms with E-state index in [1.807, 2.05) is 31.4 Å². The van der Waals surface area contributed by atoms with E-state index in [0.29, 0.717) is 0 Å². The minimum absolute atomic E-state index is 0.224. The summed E-state index contributed by atoms with van der Waals surface area (Å²) in [6, 6.07) is 4.22. The van der Waals surface area contributed by atoms with Gasteiger partial charge in [-0.05, 0) is 30.5 Å². The quantitative estimate of drug-likeness (QED) is 0.838. The van der Waals surface area contributed by atoms with Crippen LogP contribution in [0, 0.1) is 0 Å². The third kappa shape index (κ3) is 4.16. The molecular formula is C17H23N5O. The van der Waals surface area contributed by atoms with Crippen LogP contribution in [-0.2, 0) is 11.2 Å². The summed E-state index contributed by atoms with van der Waals surface area (Å²) in [6.07, 6.45) is 9.33. The molecule has 23 heavy (non-hydrogen) atoms. The molecule has 3 rings (SSSR count). The summed E-state index contributed by atoms with van der Waals surface area (Å²) in [5.74, 6) is 1.92. The number of hydrogen-bond acceptors (Lipinski definition) is 6. The molecule has 0 radical (unpaired) electrons. The molecule has 3 heterocycles. The van der Waals surface area contributed by atoms with Crippen LogP contribution in [0.25, 0.3) is 0 Å². The van der Waals surface area contributed by atoms with Gasteiger partial charge >= 0.3 is 0 Å². The number of pyridine rings is 1. The molecule has 6 nitrogen and oxygen atoms in total. The molecule has 0 aromatic carbocycles. The van der Waals surface area contributed by atoms with Crippen molar-refractivity contribution in [1.82, 2.24) is 15.0 Å². The molecule has 0 saturated carbocycles. The van der Waals surface area contributed by atoms with Crippen molar-refractivity contribution in [2.45, 2.75) is 18.9 Å². The van der Waals surface area contributed by atoms with E-state index in [1.165, 1.54) is 5.56 Å². The second-order valence-electron chi connectivity index (χ2n) is 5.96. The Labute approximate surface area is 137 Å². The van der Waals surface area contributed by atoms with Crippen LogP contribution in [0.2, 0.25) is 0 Å². The first-order valence-electron chi connectivity index (χ1n) is 7.97. The lowest BCUT2D eigenvalue weighted by atomic mass is 10.1. The van der Waals surface area contributed by atoms with Crippen LogP contribution in [0.5, 0.6) is 0 Å². The smallest absolute Gasteiger partial charge is 0.147 e. The highest BCUT2D eigenvalue weighted by Gasteiger charge is 2.21. The summed E-state index contributed by atoms with van der Waals surface area (Å²) in [5.41, 5.74) is 1.30. The molecule has 1 saturated heterocycles. The summed E-state index contributed by atoms with van der Waals surface area (Å²) < 4.78 is 5.91. The average molecular weight is 313 g/mol. The van der Waals surface area contributed by atoms with E-state index in [1.54, 1.807) is 12.4 Å². The number of morpholine rings is 1. The largest absolute Gasteiger partial charge is 0.375 e. The standard InChI is InChI=1S/C17H23N5O/c1-21(2)16-11-14(5-6-19-16)3-4-15-13-22(9-10-23-15)17-12-18-7-8-20-17/h5-8,11-12,15H,3-4,9-10,13H2,1-2H3. The lowest BCUT2D eigenvalue weighted by molar-refractivity contribution is 0.0352. The molecule has 0 aliphatic carbocycles. The highest BCUT2D eigenvalue weighted by atomic mass is 16.5. The van der Waals surface area contributed by atoms with Gasteiger partial charge in [0.2, 0.25) is 0 Å². The maximum atomic E-state index is 5.91. The van der Waals surface area contributed by atoms with Crippen LogP contribution in [0.4, 0.5) is 11.6 Å². The van der Waals surface area contributed by atoms with E-state index < -0.39 is 0 Å². The van der Waals surface area contributed by atoms with Crippen LogP contribution in [0.1, 0.15) is 12.0 Å². The second kappa shape index (κ2) is 7.37. The summed E-state index contributed by atoms with van der Waals surface area (Å²) in [4.78, 5) is 17.2. The van der Waals surface area contributed by atoms with E-state index in [2.05, 4.69) is 32.0 Å². The van der Waals surface area contributed by atoms with Crippen molar-refractivity contribution in [2.75, 3.05) is 43.6 Å². The Hall–Kier alpha value is -2.21. The first kappa shape index (κ1) is 15.7. The fourth-order valence-electron chi connectivity index (χ4n) is 2.74. The number of nitrogens with zero attached hydrogens (tertiary/aromatic N) is 5. The van der Waals surface area contributed by atoms with E-state index in [9.17, 15) is 0 Å². The van der Waals surface area contributed by atoms with Crippen molar-refractivity contribution in [1.29, 1.82) is 0 Å². The van der Waals surface area contributed by atoms with Gasteiger partial charge in [-0.2, -0.15) is 0 Å². The Balaban J connectivity index is 1.57. The van der Waals surface area contributed by atoms with E-state index in [0.717, 1.165) is 44.2 Å². The molecule has 1 unspecified atom stereocenters. The Kier molecular flexibility index (Phi) is 5.02. The molecule has 1 fully saturated rings. The monoisotopic (exact) mass is 313 g/mol. The molecule has 1 aliphatic heterocycles. The summed E-state index contributed by atoms with van der Waals surface area (Å²) in [5, 5.41) is 0. The van der Waals surface area contributed by atoms with Crippen molar-refractivity contribution in [3.8, 4) is 0 Å². The maximum Gasteiger partial charge on any atom is 0.147 e. The van der Waals surface area contributed by atoms with Gasteiger partial charge in [0.25, 0.3) is 0 Å². The van der Waals surface area contributed by atoms with Crippen molar-refractivity contribution in [3.63, 3.8) is 0 Å². The second-order valence-corrected chi connectivity index (χ2v) is 5.96. The van der Waals surface area contributed by atoms with Crippen molar-refractivity contribution in [2.24, 2.45) is 0 Å². The van der Waals surface area contributed by atoms with Gasteiger partial charge in [0.1, 0.15) is 11.6 Å². The van der Waals surface area contributed by atoms with Gasteiger partial charge in [0.05, 0.1) is 18.9 Å². The summed E-state index contributed by atoms with van der Waals surface area (Å²) >= 11 is 0. The predicted molar refractivity (Wildman–Crippen MR) is 90.9 cm³/mol. The molecule has 0 N–H and O–H groups in total. The Bertz CT molecular complexity index is 619. The molecule has 0 amide bonds. The van der Waals surface area contributed by atoms with Gasteiger partial charge in [-0.15, -0.1) is 0 Å². The molecule has 1 aliphatic rings. The van der Waals surface area contributed by atoms with Crippen LogP contribution in [-0.4, -0.2) is 54.8 Å². The number of aromatic nitrogens is 3. The zero-order valence-electron chi connectivity index (χ0n) is 13.7. The zero-order valence-corrected chi connectivity index (χ0v) is 13.7. The number of hydrogen-bond donors (Lipinski definition) is 0. The Morgan fingerprint density at radius 2 is 2.17 bits per heavy atom. The van der Waals surface area contributed by atoms with Crippen molar-refractivity contribution in [3.05, 3.63) is 42.5 Å². The zero-order chi connectivity index (χ0) is 16.1. The van der Waals surface area contributed by atoms with E-state index in [-0.39, 0.29) is 6.10 Å². The Morgan fingerprint density at radius 1 is 1.26 bits per heavy atom. The molecule has 0 spiro atoms. The third-order valence-corrected chi connectivity index (χ3v) is 4.04. The normalized spacial score (nSPS) is 18.0.